The maximum absolute atomic E-state index is 11.1. The number of primary amides is 1. The lowest BCUT2D eigenvalue weighted by Gasteiger charge is -2.30. The van der Waals surface area contributed by atoms with Crippen LogP contribution in [0.5, 0.6) is 0 Å². The molecule has 1 fully saturated rings. The summed E-state index contributed by atoms with van der Waals surface area (Å²) >= 11 is 0. The molecule has 19 heavy (non-hydrogen) atoms. The van der Waals surface area contributed by atoms with Crippen LogP contribution in [0.15, 0.2) is 12.1 Å². The van der Waals surface area contributed by atoms with E-state index in [0.29, 0.717) is 5.92 Å². The van der Waals surface area contributed by atoms with E-state index in [9.17, 15) is 4.79 Å². The average molecular weight is 261 g/mol. The van der Waals surface area contributed by atoms with E-state index in [4.69, 9.17) is 10.7 Å². The second kappa shape index (κ2) is 6.04. The van der Waals surface area contributed by atoms with Crippen molar-refractivity contribution in [2.75, 3.05) is 13.1 Å². The number of piperidine rings is 1. The Kier molecular flexibility index (Phi) is 4.40. The number of hydrogen-bond acceptors (Lipinski definition) is 2. The highest BCUT2D eigenvalue weighted by Crippen LogP contribution is 2.27. The SMILES string of the molecule is CCc1ccc(C2CCN(C(N)=O)CC2)nc1CC. The van der Waals surface area contributed by atoms with Crippen molar-refractivity contribution in [3.05, 3.63) is 29.1 Å². The van der Waals surface area contributed by atoms with Gasteiger partial charge in [-0.3, -0.25) is 4.98 Å². The number of nitrogens with two attached hydrogens (primary N) is 1. The molecule has 1 aliphatic heterocycles. The summed E-state index contributed by atoms with van der Waals surface area (Å²) in [5.41, 5.74) is 9.05. The van der Waals surface area contributed by atoms with Gasteiger partial charge in [-0.05, 0) is 37.3 Å². The minimum absolute atomic E-state index is 0.304. The lowest BCUT2D eigenvalue weighted by atomic mass is 9.92. The van der Waals surface area contributed by atoms with Gasteiger partial charge in [0.1, 0.15) is 0 Å². The fourth-order valence-corrected chi connectivity index (χ4v) is 2.80. The van der Waals surface area contributed by atoms with Crippen LogP contribution in [-0.2, 0) is 12.8 Å². The summed E-state index contributed by atoms with van der Waals surface area (Å²) in [7, 11) is 0. The van der Waals surface area contributed by atoms with Crippen molar-refractivity contribution in [1.82, 2.24) is 9.88 Å². The van der Waals surface area contributed by atoms with E-state index in [1.165, 1.54) is 17.0 Å². The summed E-state index contributed by atoms with van der Waals surface area (Å²) in [5.74, 6) is 0.465. The number of amides is 2. The van der Waals surface area contributed by atoms with Gasteiger partial charge in [0.2, 0.25) is 0 Å². The zero-order valence-electron chi connectivity index (χ0n) is 11.9. The Hall–Kier alpha value is -1.58. The number of nitrogens with zero attached hydrogens (tertiary/aromatic N) is 2. The molecule has 4 nitrogen and oxygen atoms in total. The summed E-state index contributed by atoms with van der Waals surface area (Å²) in [6.07, 6.45) is 3.95. The topological polar surface area (TPSA) is 59.2 Å². The number of urea groups is 1. The fraction of sp³-hybridized carbons (Fsp3) is 0.600. The van der Waals surface area contributed by atoms with Gasteiger partial charge in [0, 0.05) is 30.4 Å². The Balaban J connectivity index is 2.09. The fourth-order valence-electron chi connectivity index (χ4n) is 2.80. The van der Waals surface area contributed by atoms with Gasteiger partial charge in [0.05, 0.1) is 0 Å². The summed E-state index contributed by atoms with van der Waals surface area (Å²) < 4.78 is 0. The maximum atomic E-state index is 11.1. The molecule has 2 amide bonds. The van der Waals surface area contributed by atoms with Crippen LogP contribution in [0.3, 0.4) is 0 Å². The molecule has 2 heterocycles. The molecule has 0 radical (unpaired) electrons. The van der Waals surface area contributed by atoms with Gasteiger partial charge in [-0.15, -0.1) is 0 Å². The average Bonchev–Trinajstić information content (AvgIpc) is 2.46. The van der Waals surface area contributed by atoms with E-state index in [0.717, 1.165) is 38.8 Å². The van der Waals surface area contributed by atoms with Gasteiger partial charge < -0.3 is 10.6 Å². The molecule has 1 aliphatic rings. The Morgan fingerprint density at radius 2 is 2.00 bits per heavy atom. The molecule has 0 atom stereocenters. The van der Waals surface area contributed by atoms with Crippen LogP contribution in [0.4, 0.5) is 4.79 Å². The molecule has 1 aromatic heterocycles. The van der Waals surface area contributed by atoms with Crippen molar-refractivity contribution in [2.24, 2.45) is 5.73 Å². The van der Waals surface area contributed by atoms with Crippen molar-refractivity contribution in [1.29, 1.82) is 0 Å². The van der Waals surface area contributed by atoms with E-state index in [-0.39, 0.29) is 6.03 Å². The second-order valence-electron chi connectivity index (χ2n) is 5.15. The molecule has 4 heteroatoms. The molecule has 0 saturated carbocycles. The Labute approximate surface area is 115 Å². The number of hydrogen-bond donors (Lipinski definition) is 1. The Morgan fingerprint density at radius 3 is 2.53 bits per heavy atom. The van der Waals surface area contributed by atoms with Crippen LogP contribution < -0.4 is 5.73 Å². The van der Waals surface area contributed by atoms with Gasteiger partial charge in [-0.25, -0.2) is 4.79 Å². The second-order valence-corrected chi connectivity index (χ2v) is 5.15. The largest absolute Gasteiger partial charge is 0.351 e. The number of rotatable bonds is 3. The smallest absolute Gasteiger partial charge is 0.314 e. The summed E-state index contributed by atoms with van der Waals surface area (Å²) in [4.78, 5) is 17.7. The van der Waals surface area contributed by atoms with E-state index in [1.54, 1.807) is 4.90 Å². The lowest BCUT2D eigenvalue weighted by Crippen LogP contribution is -2.41. The van der Waals surface area contributed by atoms with Crippen LogP contribution >= 0.6 is 0 Å². The lowest BCUT2D eigenvalue weighted by molar-refractivity contribution is 0.190. The quantitative estimate of drug-likeness (QED) is 0.908. The summed E-state index contributed by atoms with van der Waals surface area (Å²) in [5, 5.41) is 0. The number of likely N-dealkylation sites (tertiary alicyclic amines) is 1. The third-order valence-corrected chi connectivity index (χ3v) is 4.03. The predicted octanol–water partition coefficient (Wildman–Crippen LogP) is 2.46. The molecule has 2 N–H and O–H groups in total. The number of carbonyl (C=O) groups excluding carboxylic acids is 1. The molecule has 2 rings (SSSR count). The predicted molar refractivity (Wildman–Crippen MR) is 76.1 cm³/mol. The first kappa shape index (κ1) is 13.8. The van der Waals surface area contributed by atoms with E-state index < -0.39 is 0 Å². The zero-order valence-corrected chi connectivity index (χ0v) is 11.9. The Morgan fingerprint density at radius 1 is 1.32 bits per heavy atom. The third kappa shape index (κ3) is 3.06. The monoisotopic (exact) mass is 261 g/mol. The van der Waals surface area contributed by atoms with Crippen molar-refractivity contribution in [3.63, 3.8) is 0 Å². The number of aryl methyl sites for hydroxylation is 2. The zero-order chi connectivity index (χ0) is 13.8. The number of aromatic nitrogens is 1. The first-order valence-corrected chi connectivity index (χ1v) is 7.18. The van der Waals surface area contributed by atoms with Gasteiger partial charge in [-0.2, -0.15) is 0 Å². The molecule has 0 spiro atoms. The first-order valence-electron chi connectivity index (χ1n) is 7.18. The maximum Gasteiger partial charge on any atom is 0.314 e. The molecule has 1 aromatic rings. The highest BCUT2D eigenvalue weighted by molar-refractivity contribution is 5.72. The minimum atomic E-state index is -0.304. The van der Waals surface area contributed by atoms with Gasteiger partial charge in [-0.1, -0.05) is 19.9 Å². The van der Waals surface area contributed by atoms with Gasteiger partial charge in [0.15, 0.2) is 0 Å². The van der Waals surface area contributed by atoms with E-state index in [1.807, 2.05) is 0 Å². The molecule has 0 aromatic carbocycles. The van der Waals surface area contributed by atoms with Crippen LogP contribution in [-0.4, -0.2) is 29.0 Å². The van der Waals surface area contributed by atoms with Gasteiger partial charge >= 0.3 is 6.03 Å². The van der Waals surface area contributed by atoms with Crippen LogP contribution in [0, 0.1) is 0 Å². The summed E-state index contributed by atoms with van der Waals surface area (Å²) in [6, 6.07) is 4.06. The number of carbonyl (C=O) groups is 1. The number of pyridine rings is 1. The minimum Gasteiger partial charge on any atom is -0.351 e. The molecule has 0 aliphatic carbocycles. The highest BCUT2D eigenvalue weighted by Gasteiger charge is 2.23. The first-order chi connectivity index (χ1) is 9.15. The van der Waals surface area contributed by atoms with E-state index in [2.05, 4.69) is 26.0 Å². The third-order valence-electron chi connectivity index (χ3n) is 4.03. The normalized spacial score (nSPS) is 16.6. The highest BCUT2D eigenvalue weighted by atomic mass is 16.2. The van der Waals surface area contributed by atoms with Crippen molar-refractivity contribution in [2.45, 2.75) is 45.4 Å². The molecule has 0 unspecified atom stereocenters. The molecular weight excluding hydrogens is 238 g/mol. The molecule has 1 saturated heterocycles. The van der Waals surface area contributed by atoms with Crippen molar-refractivity contribution in [3.8, 4) is 0 Å². The molecule has 104 valence electrons. The van der Waals surface area contributed by atoms with Crippen molar-refractivity contribution < 1.29 is 4.79 Å². The van der Waals surface area contributed by atoms with Crippen molar-refractivity contribution >= 4 is 6.03 Å². The summed E-state index contributed by atoms with van der Waals surface area (Å²) in [6.45, 7) is 5.82. The van der Waals surface area contributed by atoms with Crippen LogP contribution in [0.1, 0.15) is 49.6 Å². The van der Waals surface area contributed by atoms with Crippen LogP contribution in [0.25, 0.3) is 0 Å². The molecular formula is C15H23N3O. The van der Waals surface area contributed by atoms with E-state index >= 15 is 0 Å². The molecule has 0 bridgehead atoms. The van der Waals surface area contributed by atoms with Crippen LogP contribution in [0.2, 0.25) is 0 Å². The standard InChI is InChI=1S/C15H23N3O/c1-3-11-5-6-14(17-13(11)4-2)12-7-9-18(10-8-12)15(16)19/h5-6,12H,3-4,7-10H2,1-2H3,(H2,16,19). The Bertz CT molecular complexity index is 451. The van der Waals surface area contributed by atoms with Gasteiger partial charge in [0.25, 0.3) is 0 Å².